The minimum absolute atomic E-state index is 0.257. The molecule has 2 unspecified atom stereocenters. The van der Waals surface area contributed by atoms with Gasteiger partial charge in [0.2, 0.25) is 0 Å². The number of carboxylic acids is 1. The van der Waals surface area contributed by atoms with Gasteiger partial charge in [-0.3, -0.25) is 9.69 Å². The predicted molar refractivity (Wildman–Crippen MR) is 73.4 cm³/mol. The van der Waals surface area contributed by atoms with Crippen LogP contribution in [0.3, 0.4) is 0 Å². The maximum absolute atomic E-state index is 13.2. The van der Waals surface area contributed by atoms with Crippen LogP contribution in [0.5, 0.6) is 0 Å². The van der Waals surface area contributed by atoms with Crippen LogP contribution in [0, 0.1) is 11.7 Å². The lowest BCUT2D eigenvalue weighted by molar-refractivity contribution is -0.142. The molecule has 1 aromatic rings. The molecule has 2 atom stereocenters. The van der Waals surface area contributed by atoms with Crippen molar-refractivity contribution < 1.29 is 14.3 Å². The molecule has 0 spiro atoms. The Hall–Kier alpha value is -1.42. The van der Waals surface area contributed by atoms with Crippen LogP contribution in [-0.4, -0.2) is 28.6 Å². The van der Waals surface area contributed by atoms with Gasteiger partial charge in [-0.2, -0.15) is 0 Å². The molecule has 0 bridgehead atoms. The van der Waals surface area contributed by atoms with Crippen LogP contribution in [0.15, 0.2) is 24.3 Å². The van der Waals surface area contributed by atoms with Gasteiger partial charge in [-0.25, -0.2) is 4.39 Å². The zero-order chi connectivity index (χ0) is 14.4. The van der Waals surface area contributed by atoms with Crippen molar-refractivity contribution in [3.05, 3.63) is 35.6 Å². The molecule has 106 valence electrons. The Morgan fingerprint density at radius 3 is 2.63 bits per heavy atom. The van der Waals surface area contributed by atoms with Crippen LogP contribution in [0.4, 0.5) is 4.39 Å². The molecule has 0 fully saturated rings. The molecule has 0 saturated carbocycles. The van der Waals surface area contributed by atoms with E-state index in [2.05, 4.69) is 18.7 Å². The quantitative estimate of drug-likeness (QED) is 0.825. The molecule has 1 aromatic carbocycles. The van der Waals surface area contributed by atoms with E-state index >= 15 is 0 Å². The first-order chi connectivity index (χ1) is 8.93. The van der Waals surface area contributed by atoms with E-state index in [1.54, 1.807) is 13.0 Å². The van der Waals surface area contributed by atoms with Gasteiger partial charge < -0.3 is 5.11 Å². The van der Waals surface area contributed by atoms with Crippen LogP contribution in [0.2, 0.25) is 0 Å². The second-order valence-corrected chi connectivity index (χ2v) is 5.06. The van der Waals surface area contributed by atoms with Crippen molar-refractivity contribution in [3.63, 3.8) is 0 Å². The van der Waals surface area contributed by atoms with Crippen LogP contribution < -0.4 is 0 Å². The average molecular weight is 267 g/mol. The van der Waals surface area contributed by atoms with E-state index in [1.807, 2.05) is 6.07 Å². The summed E-state index contributed by atoms with van der Waals surface area (Å²) in [6, 6.07) is 6.73. The second-order valence-electron chi connectivity index (χ2n) is 5.06. The van der Waals surface area contributed by atoms with E-state index in [0.29, 0.717) is 13.1 Å². The second kappa shape index (κ2) is 7.24. The summed E-state index contributed by atoms with van der Waals surface area (Å²) in [5.74, 6) is -1.48. The van der Waals surface area contributed by atoms with Gasteiger partial charge in [0.05, 0.1) is 5.92 Å². The molecule has 1 rings (SSSR count). The molecule has 0 aliphatic heterocycles. The highest BCUT2D eigenvalue weighted by atomic mass is 19.1. The molecule has 4 heteroatoms. The van der Waals surface area contributed by atoms with E-state index in [9.17, 15) is 9.18 Å². The third-order valence-corrected chi connectivity index (χ3v) is 3.42. The number of carbonyl (C=O) groups is 1. The molecule has 0 aliphatic carbocycles. The fraction of sp³-hybridized carbons (Fsp3) is 0.533. The largest absolute Gasteiger partial charge is 0.481 e. The van der Waals surface area contributed by atoms with Gasteiger partial charge in [0.25, 0.3) is 0 Å². The van der Waals surface area contributed by atoms with Gasteiger partial charge in [-0.1, -0.05) is 26.0 Å². The summed E-state index contributed by atoms with van der Waals surface area (Å²) in [4.78, 5) is 13.1. The summed E-state index contributed by atoms with van der Waals surface area (Å²) in [5, 5.41) is 9.01. The van der Waals surface area contributed by atoms with Gasteiger partial charge in [-0.05, 0) is 31.0 Å². The number of halogens is 1. The number of aliphatic carboxylic acids is 1. The molecular formula is C15H22FNO2. The summed E-state index contributed by atoms with van der Waals surface area (Å²) in [5.41, 5.74) is 0.873. The molecule has 1 N–H and O–H groups in total. The monoisotopic (exact) mass is 267 g/mol. The smallest absolute Gasteiger partial charge is 0.307 e. The Labute approximate surface area is 114 Å². The topological polar surface area (TPSA) is 40.5 Å². The molecule has 0 amide bonds. The third-order valence-electron chi connectivity index (χ3n) is 3.42. The molecular weight excluding hydrogens is 245 g/mol. The maximum atomic E-state index is 13.2. The number of nitrogens with zero attached hydrogens (tertiary/aromatic N) is 1. The Balaban J connectivity index is 2.77. The highest BCUT2D eigenvalue weighted by Crippen LogP contribution is 2.14. The van der Waals surface area contributed by atoms with Crippen molar-refractivity contribution in [2.75, 3.05) is 6.54 Å². The van der Waals surface area contributed by atoms with Crippen molar-refractivity contribution in [2.45, 2.75) is 39.8 Å². The fourth-order valence-corrected chi connectivity index (χ4v) is 1.96. The zero-order valence-corrected chi connectivity index (χ0v) is 11.8. The van der Waals surface area contributed by atoms with E-state index in [0.717, 1.165) is 12.0 Å². The van der Waals surface area contributed by atoms with Crippen LogP contribution >= 0.6 is 0 Å². The fourth-order valence-electron chi connectivity index (χ4n) is 1.96. The molecule has 0 aliphatic rings. The lowest BCUT2D eigenvalue weighted by atomic mass is 10.1. The van der Waals surface area contributed by atoms with Crippen LogP contribution in [0.1, 0.15) is 32.8 Å². The number of rotatable bonds is 7. The van der Waals surface area contributed by atoms with Crippen molar-refractivity contribution in [2.24, 2.45) is 5.92 Å². The summed E-state index contributed by atoms with van der Waals surface area (Å²) in [6.07, 6.45) is 0.932. The molecule has 0 heterocycles. The minimum atomic E-state index is -0.799. The van der Waals surface area contributed by atoms with Crippen molar-refractivity contribution in [3.8, 4) is 0 Å². The Morgan fingerprint density at radius 2 is 2.11 bits per heavy atom. The minimum Gasteiger partial charge on any atom is -0.481 e. The first kappa shape index (κ1) is 15.6. The Bertz CT molecular complexity index is 422. The highest BCUT2D eigenvalue weighted by molar-refractivity contribution is 5.69. The molecule has 0 radical (unpaired) electrons. The van der Waals surface area contributed by atoms with Crippen molar-refractivity contribution in [1.29, 1.82) is 0 Å². The van der Waals surface area contributed by atoms with Crippen LogP contribution in [0.25, 0.3) is 0 Å². The van der Waals surface area contributed by atoms with Gasteiger partial charge in [0, 0.05) is 19.1 Å². The van der Waals surface area contributed by atoms with Crippen molar-refractivity contribution >= 4 is 5.97 Å². The lowest BCUT2D eigenvalue weighted by Crippen LogP contribution is -2.37. The zero-order valence-electron chi connectivity index (χ0n) is 11.8. The van der Waals surface area contributed by atoms with E-state index < -0.39 is 11.9 Å². The molecule has 3 nitrogen and oxygen atoms in total. The van der Waals surface area contributed by atoms with E-state index in [4.69, 9.17) is 5.11 Å². The third kappa shape index (κ3) is 4.99. The first-order valence-corrected chi connectivity index (χ1v) is 6.65. The summed E-state index contributed by atoms with van der Waals surface area (Å²) < 4.78 is 13.2. The summed E-state index contributed by atoms with van der Waals surface area (Å²) >= 11 is 0. The maximum Gasteiger partial charge on any atom is 0.307 e. The molecule has 0 aromatic heterocycles. The predicted octanol–water partition coefficient (Wildman–Crippen LogP) is 3.15. The van der Waals surface area contributed by atoms with E-state index in [1.165, 1.54) is 12.1 Å². The SMILES string of the molecule is CCC(C)N(Cc1cccc(F)c1)CC(C)C(=O)O. The number of carboxylic acid groups (broad SMARTS) is 1. The Kier molecular flexibility index (Phi) is 5.96. The number of benzene rings is 1. The van der Waals surface area contributed by atoms with Gasteiger partial charge >= 0.3 is 5.97 Å². The molecule has 0 saturated heterocycles. The van der Waals surface area contributed by atoms with Gasteiger partial charge in [-0.15, -0.1) is 0 Å². The highest BCUT2D eigenvalue weighted by Gasteiger charge is 2.19. The molecule has 19 heavy (non-hydrogen) atoms. The van der Waals surface area contributed by atoms with E-state index in [-0.39, 0.29) is 11.9 Å². The average Bonchev–Trinajstić information content (AvgIpc) is 2.36. The summed E-state index contributed by atoms with van der Waals surface area (Å²) in [7, 11) is 0. The van der Waals surface area contributed by atoms with Crippen molar-refractivity contribution in [1.82, 2.24) is 4.90 Å². The lowest BCUT2D eigenvalue weighted by Gasteiger charge is -2.30. The van der Waals surface area contributed by atoms with Gasteiger partial charge in [0.15, 0.2) is 0 Å². The summed E-state index contributed by atoms with van der Waals surface area (Å²) in [6.45, 7) is 6.87. The standard InChI is InChI=1S/C15H22FNO2/c1-4-12(3)17(9-11(2)15(18)19)10-13-6-5-7-14(16)8-13/h5-8,11-12H,4,9-10H2,1-3H3,(H,18,19). The van der Waals surface area contributed by atoms with Gasteiger partial charge in [0.1, 0.15) is 5.82 Å². The van der Waals surface area contributed by atoms with Crippen LogP contribution in [-0.2, 0) is 11.3 Å². The Morgan fingerprint density at radius 1 is 1.42 bits per heavy atom. The first-order valence-electron chi connectivity index (χ1n) is 6.65. The number of hydrogen-bond acceptors (Lipinski definition) is 2. The number of hydrogen-bond donors (Lipinski definition) is 1. The normalized spacial score (nSPS) is 14.4.